The maximum absolute atomic E-state index is 15.2. The van der Waals surface area contributed by atoms with Crippen LogP contribution >= 0.6 is 10.8 Å². The highest BCUT2D eigenvalue weighted by Gasteiger charge is 2.30. The van der Waals surface area contributed by atoms with Crippen LogP contribution in [0.2, 0.25) is 0 Å². The van der Waals surface area contributed by atoms with Crippen LogP contribution in [0.1, 0.15) is 28.9 Å². The zero-order valence-corrected chi connectivity index (χ0v) is 22.0. The summed E-state index contributed by atoms with van der Waals surface area (Å²) in [6, 6.07) is 15.5. The quantitative estimate of drug-likeness (QED) is 0.274. The Kier molecular flexibility index (Phi) is 6.60. The molecule has 4 heterocycles. The standard InChI is InChI=1S/C27H24FN9O2S/c28-21-7-2-6-19(15-36-10-3-11-40(36,38)39)20(21)13-23-33-26-24(22-8-9-31-16-32-22)25(34-27(30)37(26)35-23)18-5-1-4-17(12-18)14-29/h1-2,4-9,12,16,38-39H,3,10-11,13,15H2,(H2,30,34). The van der Waals surface area contributed by atoms with E-state index in [1.165, 1.54) is 16.9 Å². The normalized spacial score (nSPS) is 15.8. The molecule has 2 aromatic carbocycles. The van der Waals surface area contributed by atoms with Gasteiger partial charge in [-0.15, -0.1) is 15.9 Å². The molecule has 0 radical (unpaired) electrons. The summed E-state index contributed by atoms with van der Waals surface area (Å²) in [6.45, 7) is 0.712. The smallest absolute Gasteiger partial charge is 0.223 e. The van der Waals surface area contributed by atoms with E-state index in [9.17, 15) is 14.4 Å². The maximum atomic E-state index is 15.2. The Balaban J connectivity index is 1.47. The monoisotopic (exact) mass is 557 g/mol. The van der Waals surface area contributed by atoms with Crippen molar-refractivity contribution in [2.75, 3.05) is 18.0 Å². The lowest BCUT2D eigenvalue weighted by molar-refractivity contribution is 0.372. The van der Waals surface area contributed by atoms with Gasteiger partial charge in [0.05, 0.1) is 34.3 Å². The van der Waals surface area contributed by atoms with Crippen LogP contribution in [0.4, 0.5) is 10.3 Å². The third kappa shape index (κ3) is 4.74. The molecule has 1 saturated heterocycles. The highest BCUT2D eigenvalue weighted by molar-refractivity contribution is 8.22. The number of hydrogen-bond donors (Lipinski definition) is 3. The van der Waals surface area contributed by atoms with Gasteiger partial charge in [-0.25, -0.2) is 28.6 Å². The largest absolute Gasteiger partial charge is 0.368 e. The van der Waals surface area contributed by atoms with Crippen molar-refractivity contribution >= 4 is 22.4 Å². The fourth-order valence-electron chi connectivity index (χ4n) is 4.88. The molecule has 0 atom stereocenters. The van der Waals surface area contributed by atoms with Crippen molar-refractivity contribution in [3.8, 4) is 28.6 Å². The minimum atomic E-state index is -2.87. The summed E-state index contributed by atoms with van der Waals surface area (Å²) >= 11 is 0. The number of anilines is 1. The molecule has 0 unspecified atom stereocenters. The van der Waals surface area contributed by atoms with Crippen molar-refractivity contribution in [1.82, 2.24) is 33.9 Å². The van der Waals surface area contributed by atoms with Crippen LogP contribution in [0.15, 0.2) is 61.1 Å². The number of halogens is 1. The molecule has 0 bridgehead atoms. The fraction of sp³-hybridized carbons (Fsp3) is 0.185. The topological polar surface area (TPSA) is 162 Å². The second-order valence-corrected chi connectivity index (χ2v) is 11.5. The van der Waals surface area contributed by atoms with Gasteiger partial charge in [0.1, 0.15) is 12.1 Å². The van der Waals surface area contributed by atoms with E-state index in [2.05, 4.69) is 26.1 Å². The summed E-state index contributed by atoms with van der Waals surface area (Å²) in [4.78, 5) is 17.8. The lowest BCUT2D eigenvalue weighted by Crippen LogP contribution is -2.23. The third-order valence-electron chi connectivity index (χ3n) is 6.79. The molecule has 6 rings (SSSR count). The highest BCUT2D eigenvalue weighted by Crippen LogP contribution is 2.49. The Labute approximate surface area is 230 Å². The first-order valence-corrected chi connectivity index (χ1v) is 14.1. The van der Waals surface area contributed by atoms with E-state index < -0.39 is 16.6 Å². The molecule has 1 aliphatic heterocycles. The molecular formula is C27H24FN9O2S. The third-order valence-corrected chi connectivity index (χ3v) is 8.77. The van der Waals surface area contributed by atoms with Gasteiger partial charge in [0.2, 0.25) is 5.95 Å². The number of benzene rings is 2. The molecule has 0 saturated carbocycles. The Morgan fingerprint density at radius 2 is 1.98 bits per heavy atom. The summed E-state index contributed by atoms with van der Waals surface area (Å²) in [6.07, 6.45) is 3.71. The molecule has 11 nitrogen and oxygen atoms in total. The van der Waals surface area contributed by atoms with Gasteiger partial charge in [-0.2, -0.15) is 9.78 Å². The summed E-state index contributed by atoms with van der Waals surface area (Å²) in [5, 5.41) is 14.0. The molecule has 5 aromatic rings. The summed E-state index contributed by atoms with van der Waals surface area (Å²) in [5.41, 5.74) is 10.3. The number of aromatic nitrogens is 6. The zero-order chi connectivity index (χ0) is 27.9. The first kappa shape index (κ1) is 25.8. The number of nitriles is 1. The Hall–Kier alpha value is -4.48. The van der Waals surface area contributed by atoms with Gasteiger partial charge < -0.3 is 5.73 Å². The highest BCUT2D eigenvalue weighted by atomic mass is 32.3. The molecule has 1 aliphatic rings. The average molecular weight is 558 g/mol. The Morgan fingerprint density at radius 3 is 2.73 bits per heavy atom. The maximum Gasteiger partial charge on any atom is 0.223 e. The molecule has 3 aromatic heterocycles. The molecule has 1 fully saturated rings. The van der Waals surface area contributed by atoms with Gasteiger partial charge in [0.25, 0.3) is 0 Å². The van der Waals surface area contributed by atoms with E-state index in [1.807, 2.05) is 6.07 Å². The Bertz CT molecular complexity index is 1770. The van der Waals surface area contributed by atoms with Gasteiger partial charge in [0, 0.05) is 36.8 Å². The number of fused-ring (bicyclic) bond motifs is 1. The number of rotatable bonds is 6. The van der Waals surface area contributed by atoms with Crippen LogP contribution in [-0.2, 0) is 13.0 Å². The van der Waals surface area contributed by atoms with E-state index in [1.54, 1.807) is 46.9 Å². The van der Waals surface area contributed by atoms with Crippen molar-refractivity contribution in [2.24, 2.45) is 0 Å². The summed E-state index contributed by atoms with van der Waals surface area (Å²) < 4.78 is 38.9. The van der Waals surface area contributed by atoms with E-state index in [0.29, 0.717) is 69.4 Å². The van der Waals surface area contributed by atoms with Crippen molar-refractivity contribution in [2.45, 2.75) is 19.4 Å². The summed E-state index contributed by atoms with van der Waals surface area (Å²) in [5.74, 6) is 0.224. The molecule has 0 amide bonds. The van der Waals surface area contributed by atoms with Gasteiger partial charge >= 0.3 is 0 Å². The van der Waals surface area contributed by atoms with Crippen molar-refractivity contribution in [3.05, 3.63) is 89.4 Å². The number of nitrogens with zero attached hydrogens (tertiary/aromatic N) is 8. The minimum absolute atomic E-state index is 0.0403. The minimum Gasteiger partial charge on any atom is -0.368 e. The van der Waals surface area contributed by atoms with Crippen LogP contribution in [0, 0.1) is 17.1 Å². The molecule has 4 N–H and O–H groups in total. The van der Waals surface area contributed by atoms with Gasteiger partial charge in [-0.1, -0.05) is 24.3 Å². The fourth-order valence-corrected chi connectivity index (χ4v) is 6.43. The van der Waals surface area contributed by atoms with Crippen LogP contribution in [-0.4, -0.2) is 55.3 Å². The second-order valence-electron chi connectivity index (χ2n) is 9.35. The summed E-state index contributed by atoms with van der Waals surface area (Å²) in [7, 11) is -2.87. The van der Waals surface area contributed by atoms with E-state index >= 15 is 4.39 Å². The molecular weight excluding hydrogens is 533 g/mol. The van der Waals surface area contributed by atoms with Crippen LogP contribution in [0.5, 0.6) is 0 Å². The zero-order valence-electron chi connectivity index (χ0n) is 21.1. The lowest BCUT2D eigenvalue weighted by Gasteiger charge is -2.37. The predicted octanol–water partition coefficient (Wildman–Crippen LogP) is 4.30. The molecule has 40 heavy (non-hydrogen) atoms. The Morgan fingerprint density at radius 1 is 1.12 bits per heavy atom. The van der Waals surface area contributed by atoms with Crippen LogP contribution < -0.4 is 5.73 Å². The molecule has 13 heteroatoms. The van der Waals surface area contributed by atoms with Gasteiger partial charge in [-0.05, 0) is 36.2 Å². The van der Waals surface area contributed by atoms with Crippen LogP contribution in [0.25, 0.3) is 28.2 Å². The number of nitrogens with two attached hydrogens (primary N) is 1. The van der Waals surface area contributed by atoms with E-state index in [4.69, 9.17) is 10.7 Å². The average Bonchev–Trinajstić information content (AvgIpc) is 3.53. The van der Waals surface area contributed by atoms with Crippen molar-refractivity contribution < 1.29 is 13.5 Å². The first-order valence-electron chi connectivity index (χ1n) is 12.4. The second kappa shape index (κ2) is 10.2. The lowest BCUT2D eigenvalue weighted by atomic mass is 10.0. The van der Waals surface area contributed by atoms with Gasteiger partial charge in [0.15, 0.2) is 11.5 Å². The van der Waals surface area contributed by atoms with E-state index in [-0.39, 0.29) is 18.9 Å². The number of nitrogen functional groups attached to an aromatic ring is 1. The molecule has 0 spiro atoms. The van der Waals surface area contributed by atoms with Crippen LogP contribution in [0.3, 0.4) is 0 Å². The van der Waals surface area contributed by atoms with Crippen molar-refractivity contribution in [1.29, 1.82) is 5.26 Å². The first-order chi connectivity index (χ1) is 19.3. The SMILES string of the molecule is N#Cc1cccc(-c2nc(N)n3nc(Cc4c(F)cccc4CN4CCCS4(O)O)nc3c2-c2ccncn2)c1. The predicted molar refractivity (Wildman–Crippen MR) is 148 cm³/mol. The van der Waals surface area contributed by atoms with E-state index in [0.717, 1.165) is 0 Å². The number of hydrogen-bond acceptors (Lipinski definition) is 10. The van der Waals surface area contributed by atoms with Crippen molar-refractivity contribution in [3.63, 3.8) is 0 Å². The van der Waals surface area contributed by atoms with Gasteiger partial charge in [-0.3, -0.25) is 9.11 Å². The molecule has 0 aliphatic carbocycles. The molecule has 202 valence electrons.